The Labute approximate surface area is 72.8 Å². The average molecular weight is 224 g/mol. The lowest BCUT2D eigenvalue weighted by molar-refractivity contribution is -0.210. The summed E-state index contributed by atoms with van der Waals surface area (Å²) in [7, 11) is -4.13. The van der Waals surface area contributed by atoms with Crippen molar-refractivity contribution in [2.45, 2.75) is 18.8 Å². The zero-order chi connectivity index (χ0) is 10.9. The number of alkyl halides is 4. The van der Waals surface area contributed by atoms with Crippen LogP contribution in [0.15, 0.2) is 0 Å². The largest absolute Gasteiger partial charge is 0.334 e. The average Bonchev–Trinajstić information content (AvgIpc) is 1.79. The fraction of sp³-hybridized carbons (Fsp3) is 1.00. The summed E-state index contributed by atoms with van der Waals surface area (Å²) in [6.45, 7) is -1.87. The summed E-state index contributed by atoms with van der Waals surface area (Å²) in [5, 5.41) is 0. The highest BCUT2D eigenvalue weighted by Gasteiger charge is 2.53. The van der Waals surface area contributed by atoms with Gasteiger partial charge in [0.25, 0.3) is 10.1 Å². The van der Waals surface area contributed by atoms with Crippen LogP contribution in [0.4, 0.5) is 17.6 Å². The van der Waals surface area contributed by atoms with Crippen molar-refractivity contribution in [3.05, 3.63) is 0 Å². The van der Waals surface area contributed by atoms with Crippen molar-refractivity contribution >= 4 is 10.1 Å². The Morgan fingerprint density at radius 3 is 1.85 bits per heavy atom. The molecule has 0 atom stereocenters. The third kappa shape index (κ3) is 4.41. The van der Waals surface area contributed by atoms with Crippen LogP contribution in [0.25, 0.3) is 0 Å². The molecule has 0 bridgehead atoms. The normalized spacial score (nSPS) is 14.6. The Hall–Kier alpha value is -0.370. The summed E-state index contributed by atoms with van der Waals surface area (Å²) < 4.78 is 72.7. The molecule has 0 aliphatic rings. The monoisotopic (exact) mass is 224 g/mol. The van der Waals surface area contributed by atoms with Crippen LogP contribution in [0.2, 0.25) is 0 Å². The first-order valence-corrected chi connectivity index (χ1v) is 4.87. The van der Waals surface area contributed by atoms with Crippen molar-refractivity contribution in [3.63, 3.8) is 0 Å². The molecule has 0 saturated heterocycles. The van der Waals surface area contributed by atoms with Gasteiger partial charge in [-0.15, -0.1) is 0 Å². The van der Waals surface area contributed by atoms with Gasteiger partial charge in [0.1, 0.15) is 6.61 Å². The van der Waals surface area contributed by atoms with Crippen molar-refractivity contribution in [3.8, 4) is 0 Å². The molecule has 8 heteroatoms. The minimum atomic E-state index is -4.49. The van der Waals surface area contributed by atoms with Gasteiger partial charge in [-0.05, 0) is 0 Å². The van der Waals surface area contributed by atoms with Crippen molar-refractivity contribution in [1.82, 2.24) is 0 Å². The van der Waals surface area contributed by atoms with E-state index in [1.807, 2.05) is 0 Å². The first kappa shape index (κ1) is 12.6. The molecule has 0 aromatic carbocycles. The first-order valence-electron chi connectivity index (χ1n) is 3.06. The summed E-state index contributed by atoms with van der Waals surface area (Å²) in [5.74, 6) is -8.80. The highest BCUT2D eigenvalue weighted by Crippen LogP contribution is 2.33. The minimum absolute atomic E-state index is 0.0152. The highest BCUT2D eigenvalue weighted by atomic mass is 32.2. The smallest absolute Gasteiger partial charge is 0.264 e. The molecule has 0 fully saturated rings. The quantitative estimate of drug-likeness (QED) is 0.533. The molecule has 0 aliphatic carbocycles. The lowest BCUT2D eigenvalue weighted by Gasteiger charge is -2.21. The Kier molecular flexibility index (Phi) is 3.31. The molecule has 0 saturated carbocycles. The van der Waals surface area contributed by atoms with Gasteiger partial charge >= 0.3 is 11.8 Å². The Balaban J connectivity index is 4.38. The second-order valence-corrected chi connectivity index (χ2v) is 4.20. The maximum atomic E-state index is 12.3. The van der Waals surface area contributed by atoms with E-state index in [0.29, 0.717) is 6.26 Å². The van der Waals surface area contributed by atoms with Gasteiger partial charge in [0.2, 0.25) is 0 Å². The van der Waals surface area contributed by atoms with Crippen molar-refractivity contribution in [2.24, 2.45) is 0 Å². The van der Waals surface area contributed by atoms with Crippen molar-refractivity contribution in [2.75, 3.05) is 12.9 Å². The number of hydrogen-bond donors (Lipinski definition) is 0. The molecule has 0 aromatic rings. The molecule has 0 aromatic heterocycles. The van der Waals surface area contributed by atoms with E-state index in [1.165, 1.54) is 0 Å². The number of rotatable bonds is 4. The Morgan fingerprint density at radius 2 is 1.62 bits per heavy atom. The zero-order valence-electron chi connectivity index (χ0n) is 6.85. The van der Waals surface area contributed by atoms with E-state index in [-0.39, 0.29) is 6.92 Å². The summed E-state index contributed by atoms with van der Waals surface area (Å²) in [6.07, 6.45) is 0.497. The third-order valence-corrected chi connectivity index (χ3v) is 1.64. The van der Waals surface area contributed by atoms with Crippen molar-refractivity contribution in [1.29, 1.82) is 0 Å². The molecule has 0 rings (SSSR count). The van der Waals surface area contributed by atoms with Crippen LogP contribution in [-0.4, -0.2) is 33.1 Å². The molecule has 3 nitrogen and oxygen atoms in total. The standard InChI is InChI=1S/C5H8F4O3S/c1-4(6,7)5(8,9)3-12-13(2,10)11/h3H2,1-2H3. The SMILES string of the molecule is CC(F)(F)C(F)(F)COS(C)(=O)=O. The first-order chi connectivity index (χ1) is 5.46. The molecule has 0 radical (unpaired) electrons. The van der Waals surface area contributed by atoms with Crippen LogP contribution in [0.1, 0.15) is 6.92 Å². The molecule has 0 unspecified atom stereocenters. The van der Waals surface area contributed by atoms with Crippen LogP contribution in [0.5, 0.6) is 0 Å². The molecule has 13 heavy (non-hydrogen) atoms. The highest BCUT2D eigenvalue weighted by molar-refractivity contribution is 7.85. The summed E-state index contributed by atoms with van der Waals surface area (Å²) in [5.41, 5.74) is 0. The van der Waals surface area contributed by atoms with Crippen LogP contribution in [0, 0.1) is 0 Å². The van der Waals surface area contributed by atoms with Crippen LogP contribution in [-0.2, 0) is 14.3 Å². The van der Waals surface area contributed by atoms with E-state index in [1.54, 1.807) is 0 Å². The fourth-order valence-corrected chi connectivity index (χ4v) is 0.670. The Bertz CT molecular complexity index is 266. The van der Waals surface area contributed by atoms with Crippen molar-refractivity contribution < 1.29 is 30.2 Å². The van der Waals surface area contributed by atoms with E-state index in [4.69, 9.17) is 0 Å². The number of hydrogen-bond acceptors (Lipinski definition) is 3. The maximum Gasteiger partial charge on any atom is 0.334 e. The van der Waals surface area contributed by atoms with Gasteiger partial charge in [0.05, 0.1) is 6.26 Å². The molecule has 0 spiro atoms. The zero-order valence-corrected chi connectivity index (χ0v) is 7.67. The summed E-state index contributed by atoms with van der Waals surface area (Å²) in [6, 6.07) is 0. The van der Waals surface area contributed by atoms with Gasteiger partial charge in [-0.1, -0.05) is 0 Å². The summed E-state index contributed by atoms with van der Waals surface area (Å²) >= 11 is 0. The molecule has 0 aliphatic heterocycles. The minimum Gasteiger partial charge on any atom is -0.264 e. The van der Waals surface area contributed by atoms with Crippen LogP contribution >= 0.6 is 0 Å². The van der Waals surface area contributed by atoms with E-state index in [9.17, 15) is 26.0 Å². The van der Waals surface area contributed by atoms with E-state index in [2.05, 4.69) is 4.18 Å². The van der Waals surface area contributed by atoms with Gasteiger partial charge in [-0.2, -0.15) is 17.2 Å². The molecular weight excluding hydrogens is 216 g/mol. The summed E-state index contributed by atoms with van der Waals surface area (Å²) in [4.78, 5) is 0. The Morgan fingerprint density at radius 1 is 1.23 bits per heavy atom. The molecular formula is C5H8F4O3S. The second-order valence-electron chi connectivity index (χ2n) is 2.56. The topological polar surface area (TPSA) is 43.4 Å². The van der Waals surface area contributed by atoms with Gasteiger partial charge in [0.15, 0.2) is 0 Å². The van der Waals surface area contributed by atoms with Crippen LogP contribution in [0.3, 0.4) is 0 Å². The molecule has 0 heterocycles. The maximum absolute atomic E-state index is 12.3. The lowest BCUT2D eigenvalue weighted by Crippen LogP contribution is -2.42. The molecule has 0 amide bonds. The van der Waals surface area contributed by atoms with Gasteiger partial charge < -0.3 is 0 Å². The van der Waals surface area contributed by atoms with Crippen LogP contribution < -0.4 is 0 Å². The molecule has 0 N–H and O–H groups in total. The fourth-order valence-electron chi connectivity index (χ4n) is 0.308. The molecule has 80 valence electrons. The predicted molar refractivity (Wildman–Crippen MR) is 36.4 cm³/mol. The van der Waals surface area contributed by atoms with E-state index < -0.39 is 28.6 Å². The number of halogens is 4. The third-order valence-electron chi connectivity index (χ3n) is 1.10. The predicted octanol–water partition coefficient (Wildman–Crippen LogP) is 1.25. The van der Waals surface area contributed by atoms with Gasteiger partial charge in [-0.3, -0.25) is 4.18 Å². The van der Waals surface area contributed by atoms with Gasteiger partial charge in [0, 0.05) is 6.92 Å². The second kappa shape index (κ2) is 3.41. The van der Waals surface area contributed by atoms with E-state index >= 15 is 0 Å². The van der Waals surface area contributed by atoms with E-state index in [0.717, 1.165) is 0 Å². The van der Waals surface area contributed by atoms with Gasteiger partial charge in [-0.25, -0.2) is 8.78 Å². The lowest BCUT2D eigenvalue weighted by atomic mass is 10.2.